The molecule has 4 nitrogen and oxygen atoms in total. The van der Waals surface area contributed by atoms with Crippen LogP contribution in [0.1, 0.15) is 25.7 Å². The Balaban J connectivity index is 2.76. The van der Waals surface area contributed by atoms with E-state index < -0.39 is 0 Å². The first kappa shape index (κ1) is 16.1. The van der Waals surface area contributed by atoms with Crippen molar-refractivity contribution in [3.05, 3.63) is 25.3 Å². The second kappa shape index (κ2) is 7.58. The minimum absolute atomic E-state index is 0.155. The minimum atomic E-state index is -0.208. The molecule has 1 heterocycles. The van der Waals surface area contributed by atoms with E-state index in [-0.39, 0.29) is 17.6 Å². The fourth-order valence-corrected chi connectivity index (χ4v) is 2.68. The Morgan fingerprint density at radius 1 is 1.42 bits per heavy atom. The summed E-state index contributed by atoms with van der Waals surface area (Å²) in [6.07, 6.45) is 6.66. The molecular weight excluding hydrogens is 242 g/mol. The van der Waals surface area contributed by atoms with Crippen molar-refractivity contribution in [1.29, 1.82) is 0 Å². The summed E-state index contributed by atoms with van der Waals surface area (Å²) in [6, 6.07) is 0. The number of Topliss-reactive ketones (excluding diaryl/α,β-unsaturated/α-hetero) is 1. The summed E-state index contributed by atoms with van der Waals surface area (Å²) < 4.78 is 10.5. The van der Waals surface area contributed by atoms with E-state index >= 15 is 0 Å². The van der Waals surface area contributed by atoms with Crippen LogP contribution in [0.15, 0.2) is 25.3 Å². The van der Waals surface area contributed by atoms with Gasteiger partial charge in [-0.1, -0.05) is 12.2 Å². The Hall–Kier alpha value is -0.970. The van der Waals surface area contributed by atoms with Gasteiger partial charge in [-0.25, -0.2) is 0 Å². The number of ketones is 1. The Morgan fingerprint density at radius 3 is 2.63 bits per heavy atom. The zero-order valence-electron chi connectivity index (χ0n) is 12.1. The molecule has 0 amide bonds. The molecule has 0 N–H and O–H groups in total. The molecule has 1 fully saturated rings. The fourth-order valence-electron chi connectivity index (χ4n) is 2.68. The molecule has 0 radical (unpaired) electrons. The van der Waals surface area contributed by atoms with Crippen LogP contribution >= 0.6 is 0 Å². The molecule has 108 valence electrons. The third-order valence-electron chi connectivity index (χ3n) is 3.90. The minimum Gasteiger partial charge on any atom is -0.356 e. The molecule has 4 heteroatoms. The lowest BCUT2D eigenvalue weighted by Crippen LogP contribution is -2.53. The first-order chi connectivity index (χ1) is 9.11. The number of nitrogens with zero attached hydrogens (tertiary/aromatic N) is 1. The number of hydrogen-bond donors (Lipinski definition) is 0. The fraction of sp³-hybridized carbons (Fsp3) is 0.667. The molecule has 1 atom stereocenters. The van der Waals surface area contributed by atoms with E-state index in [1.807, 2.05) is 12.2 Å². The van der Waals surface area contributed by atoms with E-state index in [4.69, 9.17) is 9.47 Å². The molecule has 0 aromatic heterocycles. The van der Waals surface area contributed by atoms with Gasteiger partial charge in [-0.2, -0.15) is 0 Å². The van der Waals surface area contributed by atoms with E-state index in [0.717, 1.165) is 19.3 Å². The van der Waals surface area contributed by atoms with E-state index in [1.54, 1.807) is 14.2 Å². The standard InChI is InChI=1S/C15H25NO3/c1-5-11-16-12-13(17)7-9-15(16,6-2)10-8-14(18-3)19-4/h5-6,14H,1-2,7-12H2,3-4H3/t15-/m1/s1. The zero-order chi connectivity index (χ0) is 14.3. The van der Waals surface area contributed by atoms with Gasteiger partial charge in [0.1, 0.15) is 5.78 Å². The van der Waals surface area contributed by atoms with Crippen molar-refractivity contribution < 1.29 is 14.3 Å². The van der Waals surface area contributed by atoms with Crippen molar-refractivity contribution in [1.82, 2.24) is 4.90 Å². The van der Waals surface area contributed by atoms with E-state index in [1.165, 1.54) is 0 Å². The van der Waals surface area contributed by atoms with Gasteiger partial charge in [-0.05, 0) is 12.8 Å². The van der Waals surface area contributed by atoms with Gasteiger partial charge in [-0.15, -0.1) is 13.2 Å². The third kappa shape index (κ3) is 4.00. The number of rotatable bonds is 8. The lowest BCUT2D eigenvalue weighted by atomic mass is 9.82. The molecule has 0 aromatic rings. The zero-order valence-corrected chi connectivity index (χ0v) is 12.1. The average Bonchev–Trinajstić information content (AvgIpc) is 2.43. The Labute approximate surface area is 116 Å². The predicted octanol–water partition coefficient (Wildman–Crippen LogP) is 2.16. The molecule has 0 saturated carbocycles. The van der Waals surface area contributed by atoms with Crippen molar-refractivity contribution in [2.45, 2.75) is 37.5 Å². The number of carbonyl (C=O) groups excluding carboxylic acids is 1. The van der Waals surface area contributed by atoms with Gasteiger partial charge in [-0.3, -0.25) is 9.69 Å². The molecule has 19 heavy (non-hydrogen) atoms. The van der Waals surface area contributed by atoms with E-state index in [2.05, 4.69) is 18.1 Å². The lowest BCUT2D eigenvalue weighted by molar-refractivity contribution is -0.127. The predicted molar refractivity (Wildman–Crippen MR) is 76.0 cm³/mol. The monoisotopic (exact) mass is 267 g/mol. The molecule has 1 aliphatic heterocycles. The van der Waals surface area contributed by atoms with Crippen LogP contribution in [0, 0.1) is 0 Å². The third-order valence-corrected chi connectivity index (χ3v) is 3.90. The largest absolute Gasteiger partial charge is 0.356 e. The molecule has 1 aliphatic rings. The molecule has 0 aliphatic carbocycles. The summed E-state index contributed by atoms with van der Waals surface area (Å²) in [7, 11) is 3.28. The highest BCUT2D eigenvalue weighted by Crippen LogP contribution is 2.33. The Bertz CT molecular complexity index is 325. The van der Waals surface area contributed by atoms with Crippen molar-refractivity contribution in [2.75, 3.05) is 27.3 Å². The van der Waals surface area contributed by atoms with Gasteiger partial charge >= 0.3 is 0 Å². The summed E-state index contributed by atoms with van der Waals surface area (Å²) in [4.78, 5) is 13.8. The van der Waals surface area contributed by atoms with Gasteiger partial charge in [0.05, 0.1) is 6.54 Å². The highest BCUT2D eigenvalue weighted by atomic mass is 16.7. The summed E-state index contributed by atoms with van der Waals surface area (Å²) in [5.41, 5.74) is -0.155. The van der Waals surface area contributed by atoms with Gasteiger partial charge in [0.2, 0.25) is 0 Å². The number of carbonyl (C=O) groups is 1. The van der Waals surface area contributed by atoms with Crippen molar-refractivity contribution in [3.8, 4) is 0 Å². The van der Waals surface area contributed by atoms with Crippen LogP contribution in [-0.2, 0) is 14.3 Å². The Morgan fingerprint density at radius 2 is 2.11 bits per heavy atom. The van der Waals surface area contributed by atoms with Crippen LogP contribution in [-0.4, -0.2) is 49.8 Å². The van der Waals surface area contributed by atoms with Crippen LogP contribution in [0.3, 0.4) is 0 Å². The molecular formula is C15H25NO3. The smallest absolute Gasteiger partial charge is 0.156 e. The highest BCUT2D eigenvalue weighted by molar-refractivity contribution is 5.81. The number of piperidine rings is 1. The van der Waals surface area contributed by atoms with Crippen molar-refractivity contribution in [3.63, 3.8) is 0 Å². The molecule has 0 bridgehead atoms. The van der Waals surface area contributed by atoms with E-state index in [0.29, 0.717) is 19.5 Å². The van der Waals surface area contributed by atoms with Gasteiger partial charge in [0.15, 0.2) is 6.29 Å². The number of hydrogen-bond acceptors (Lipinski definition) is 4. The van der Waals surface area contributed by atoms with Crippen LogP contribution in [0.4, 0.5) is 0 Å². The van der Waals surface area contributed by atoms with Gasteiger partial charge in [0, 0.05) is 39.1 Å². The SMILES string of the molecule is C=CCN1CC(=O)CC[C@]1(C=C)CCC(OC)OC. The van der Waals surface area contributed by atoms with Crippen LogP contribution in [0.25, 0.3) is 0 Å². The van der Waals surface area contributed by atoms with E-state index in [9.17, 15) is 4.79 Å². The van der Waals surface area contributed by atoms with Gasteiger partial charge in [0.25, 0.3) is 0 Å². The maximum Gasteiger partial charge on any atom is 0.156 e. The number of ether oxygens (including phenoxy) is 2. The molecule has 0 unspecified atom stereocenters. The van der Waals surface area contributed by atoms with Crippen molar-refractivity contribution >= 4 is 5.78 Å². The number of methoxy groups -OCH3 is 2. The van der Waals surface area contributed by atoms with Crippen molar-refractivity contribution in [2.24, 2.45) is 0 Å². The van der Waals surface area contributed by atoms with Crippen LogP contribution < -0.4 is 0 Å². The van der Waals surface area contributed by atoms with Crippen LogP contribution in [0.2, 0.25) is 0 Å². The molecule has 0 spiro atoms. The number of likely N-dealkylation sites (tertiary alicyclic amines) is 1. The quantitative estimate of drug-likeness (QED) is 0.499. The first-order valence-corrected chi connectivity index (χ1v) is 6.68. The topological polar surface area (TPSA) is 38.8 Å². The average molecular weight is 267 g/mol. The second-order valence-electron chi connectivity index (χ2n) is 4.96. The second-order valence-corrected chi connectivity index (χ2v) is 4.96. The first-order valence-electron chi connectivity index (χ1n) is 6.68. The summed E-state index contributed by atoms with van der Waals surface area (Å²) in [6.45, 7) is 8.92. The van der Waals surface area contributed by atoms with Crippen LogP contribution in [0.5, 0.6) is 0 Å². The summed E-state index contributed by atoms with van der Waals surface area (Å²) in [5, 5.41) is 0. The molecule has 1 saturated heterocycles. The highest BCUT2D eigenvalue weighted by Gasteiger charge is 2.38. The normalized spacial score (nSPS) is 24.7. The molecule has 1 rings (SSSR count). The summed E-state index contributed by atoms with van der Waals surface area (Å²) >= 11 is 0. The summed E-state index contributed by atoms with van der Waals surface area (Å²) in [5.74, 6) is 0.286. The molecule has 0 aromatic carbocycles. The lowest BCUT2D eigenvalue weighted by Gasteiger charge is -2.45. The maximum atomic E-state index is 11.6. The van der Waals surface area contributed by atoms with Gasteiger partial charge < -0.3 is 9.47 Å². The Kier molecular flexibility index (Phi) is 6.42. The maximum absolute atomic E-state index is 11.6.